The molecule has 12 heteroatoms. The Morgan fingerprint density at radius 2 is 0.459 bits per heavy atom. The zero-order valence-electron chi connectivity index (χ0n) is 79.0. The van der Waals surface area contributed by atoms with Crippen molar-refractivity contribution in [1.29, 1.82) is 5.26 Å². The van der Waals surface area contributed by atoms with E-state index in [9.17, 15) is 5.26 Å². The topological polar surface area (TPSA) is 118 Å². The second kappa shape index (κ2) is 36.0. The number of para-hydroxylation sites is 10. The van der Waals surface area contributed by atoms with Gasteiger partial charge < -0.3 is 27.4 Å². The second-order valence-electron chi connectivity index (χ2n) is 36.8. The lowest BCUT2D eigenvalue weighted by atomic mass is 9.97. The van der Waals surface area contributed by atoms with Crippen molar-refractivity contribution in [1.82, 2.24) is 52.3 Å². The third-order valence-electron chi connectivity index (χ3n) is 28.4. The number of benzene rings is 21. The maximum absolute atomic E-state index is 9.64. The SMILES string of the molecule is N#Cc1ccc2c3cc(-c4cccc5c4c4ccccc4n5-c4ccccc4)ccc3n(-c3ccccc3)c2c1.c1ccc(-c2cc(-c3ccc4c5cc(-c6cccc7c6c6ccccc6n7-c6ccccc6)ccc5n(-c5ccccc5)c4c3)nc(-c3ccccc3)n2)cc1.c1ccc(-c2nc(-c3ccccc3)nc(-c3cccc4c5cc(-n6c7ccccc7c7ccccc76)ccc5n(-c5ccccc5)c34)n2)cc1. The van der Waals surface area contributed by atoms with E-state index >= 15 is 0 Å². The number of nitriles is 1. The lowest BCUT2D eigenvalue weighted by molar-refractivity contribution is 1.07. The normalized spacial score (nSPS) is 11.6. The molecule has 29 rings (SSSR count). The Balaban J connectivity index is 0.000000110. The highest BCUT2D eigenvalue weighted by molar-refractivity contribution is 6.21. The first-order valence-electron chi connectivity index (χ1n) is 49.2. The molecule has 0 aliphatic rings. The zero-order chi connectivity index (χ0) is 96.7. The third kappa shape index (κ3) is 14.7. The molecule has 146 heavy (non-hydrogen) atoms. The molecule has 29 aromatic rings. The van der Waals surface area contributed by atoms with E-state index in [1.807, 2.05) is 103 Å². The molecule has 21 aromatic carbocycles. The molecule has 0 saturated heterocycles. The highest BCUT2D eigenvalue weighted by atomic mass is 15.1. The van der Waals surface area contributed by atoms with Crippen molar-refractivity contribution < 1.29 is 0 Å². The van der Waals surface area contributed by atoms with Crippen molar-refractivity contribution in [3.63, 3.8) is 0 Å². The molecule has 0 N–H and O–H groups in total. The Hall–Kier alpha value is -20.0. The molecule has 682 valence electrons. The average molecular weight is 1860 g/mol. The zero-order valence-corrected chi connectivity index (χ0v) is 79.0. The summed E-state index contributed by atoms with van der Waals surface area (Å²) in [5.74, 6) is 2.62. The van der Waals surface area contributed by atoms with E-state index in [1.165, 1.54) is 104 Å². The van der Waals surface area contributed by atoms with Gasteiger partial charge in [0.05, 0.1) is 89.2 Å². The molecule has 12 nitrogen and oxygen atoms in total. The fraction of sp³-hybridized carbons (Fsp3) is 0. The van der Waals surface area contributed by atoms with Gasteiger partial charge in [-0.3, -0.25) is 0 Å². The van der Waals surface area contributed by atoms with Crippen molar-refractivity contribution in [2.45, 2.75) is 0 Å². The largest absolute Gasteiger partial charge is 0.309 e. The Kier molecular flexibility index (Phi) is 21.0. The molecule has 0 saturated carbocycles. The Labute approximate surface area is 840 Å². The van der Waals surface area contributed by atoms with Gasteiger partial charge in [0, 0.05) is 132 Å². The van der Waals surface area contributed by atoms with Crippen LogP contribution in [0.3, 0.4) is 0 Å². The predicted octanol–water partition coefficient (Wildman–Crippen LogP) is 33.8. The molecule has 0 aliphatic heterocycles. The van der Waals surface area contributed by atoms with Crippen LogP contribution in [-0.4, -0.2) is 52.3 Å². The lowest BCUT2D eigenvalue weighted by Crippen LogP contribution is -2.02. The summed E-state index contributed by atoms with van der Waals surface area (Å²) in [7, 11) is 0. The van der Waals surface area contributed by atoms with Crippen LogP contribution < -0.4 is 0 Å². The summed E-state index contributed by atoms with van der Waals surface area (Å²) < 4.78 is 14.1. The van der Waals surface area contributed by atoms with Crippen LogP contribution in [0.2, 0.25) is 0 Å². The molecular weight excluding hydrogens is 1780 g/mol. The summed E-state index contributed by atoms with van der Waals surface area (Å²) in [6.45, 7) is 0. The van der Waals surface area contributed by atoms with E-state index in [2.05, 4.69) is 452 Å². The van der Waals surface area contributed by atoms with Gasteiger partial charge in [0.2, 0.25) is 0 Å². The van der Waals surface area contributed by atoms with Gasteiger partial charge in [0.15, 0.2) is 23.3 Å². The first-order valence-corrected chi connectivity index (χ1v) is 49.2. The van der Waals surface area contributed by atoms with Gasteiger partial charge in [-0.2, -0.15) is 5.26 Å². The summed E-state index contributed by atoms with van der Waals surface area (Å²) in [4.78, 5) is 25.5. The van der Waals surface area contributed by atoms with Gasteiger partial charge >= 0.3 is 0 Å². The van der Waals surface area contributed by atoms with Crippen LogP contribution in [0, 0.1) is 11.3 Å². The molecule has 0 spiro atoms. The third-order valence-corrected chi connectivity index (χ3v) is 28.4. The summed E-state index contributed by atoms with van der Waals surface area (Å²) in [6, 6.07) is 186. The molecule has 0 amide bonds. The van der Waals surface area contributed by atoms with Gasteiger partial charge in [-0.25, -0.2) is 24.9 Å². The fourth-order valence-corrected chi connectivity index (χ4v) is 22.0. The highest BCUT2D eigenvalue weighted by Crippen LogP contribution is 2.48. The van der Waals surface area contributed by atoms with Crippen molar-refractivity contribution in [2.24, 2.45) is 0 Å². The minimum atomic E-state index is 0.630. The highest BCUT2D eigenvalue weighted by Gasteiger charge is 2.27. The van der Waals surface area contributed by atoms with Crippen LogP contribution in [0.25, 0.3) is 255 Å². The van der Waals surface area contributed by atoms with Crippen LogP contribution in [-0.2, 0) is 0 Å². The molecular formula is C134H86N12. The Morgan fingerprint density at radius 1 is 0.158 bits per heavy atom. The van der Waals surface area contributed by atoms with Crippen LogP contribution in [0.15, 0.2) is 522 Å². The molecule has 0 fully saturated rings. The monoisotopic (exact) mass is 1860 g/mol. The van der Waals surface area contributed by atoms with Gasteiger partial charge in [0.25, 0.3) is 0 Å². The van der Waals surface area contributed by atoms with Crippen LogP contribution in [0.4, 0.5) is 0 Å². The molecule has 0 aliphatic carbocycles. The first-order chi connectivity index (χ1) is 72.4. The second-order valence-corrected chi connectivity index (χ2v) is 36.8. The average Bonchev–Trinajstić information content (AvgIpc) is 1.58. The number of nitrogens with zero attached hydrogens (tertiary/aromatic N) is 12. The van der Waals surface area contributed by atoms with E-state index in [0.717, 1.165) is 128 Å². The van der Waals surface area contributed by atoms with E-state index < -0.39 is 0 Å². The number of hydrogen-bond acceptors (Lipinski definition) is 6. The summed E-state index contributed by atoms with van der Waals surface area (Å²) in [6.07, 6.45) is 0. The van der Waals surface area contributed by atoms with Crippen molar-refractivity contribution in [3.05, 3.63) is 527 Å². The van der Waals surface area contributed by atoms with Crippen molar-refractivity contribution in [2.75, 3.05) is 0 Å². The van der Waals surface area contributed by atoms with Crippen LogP contribution >= 0.6 is 0 Å². The van der Waals surface area contributed by atoms with Crippen LogP contribution in [0.1, 0.15) is 5.56 Å². The molecule has 8 heterocycles. The van der Waals surface area contributed by atoms with Crippen molar-refractivity contribution >= 4 is 131 Å². The summed E-state index contributed by atoms with van der Waals surface area (Å²) in [5.41, 5.74) is 33.6. The standard InChI is InChI=1S/C52H34N4.C45H29N5.C37H23N3/c1-5-16-35(17-6-1)45-34-46(54-52(53-45)36-18-7-2-8-19-36)38-28-30-42-44-32-37(29-31-48(44)56(50(42)33-38)40-22-11-4-12-23-40)41-25-15-27-49-51(41)43-24-13-14-26-47(43)55(49)39-20-9-3-10-21-39;1-4-15-30(16-5-1)43-46-44(31-17-6-2-7-18-31)48-45(47-43)37-24-14-23-36-38-29-33(27-28-41(38)50(42(36)37)32-19-8-3-9-20-32)49-39-25-12-10-21-34(39)35-22-11-13-26-40(35)49;38-24-25-18-20-30-32-23-26(19-21-34(32)40(36(30)22-25)28-12-5-2-6-13-28)29-15-9-17-35-37(29)31-14-7-8-16-33(31)39(35)27-10-3-1-4-11-27/h1-34H;1-29H;1-23H. The quantitative estimate of drug-likeness (QED) is 0.107. The fourth-order valence-electron chi connectivity index (χ4n) is 22.0. The Bertz CT molecular complexity index is 10000. The van der Waals surface area contributed by atoms with E-state index in [1.54, 1.807) is 0 Å². The minimum Gasteiger partial charge on any atom is -0.309 e. The van der Waals surface area contributed by atoms with E-state index in [0.29, 0.717) is 28.9 Å². The molecule has 0 bridgehead atoms. The minimum absolute atomic E-state index is 0.630. The van der Waals surface area contributed by atoms with Crippen LogP contribution in [0.5, 0.6) is 0 Å². The van der Waals surface area contributed by atoms with Crippen molar-refractivity contribution in [3.8, 4) is 131 Å². The smallest absolute Gasteiger partial charge is 0.166 e. The van der Waals surface area contributed by atoms with E-state index in [4.69, 9.17) is 24.9 Å². The number of aromatic nitrogens is 11. The maximum atomic E-state index is 9.64. The first kappa shape index (κ1) is 85.2. The van der Waals surface area contributed by atoms with Gasteiger partial charge in [0.1, 0.15) is 0 Å². The molecule has 0 unspecified atom stereocenters. The predicted molar refractivity (Wildman–Crippen MR) is 603 cm³/mol. The van der Waals surface area contributed by atoms with E-state index in [-0.39, 0.29) is 0 Å². The molecule has 8 aromatic heterocycles. The van der Waals surface area contributed by atoms with Gasteiger partial charge in [-0.1, -0.05) is 352 Å². The number of fused-ring (bicyclic) bond motifs is 18. The summed E-state index contributed by atoms with van der Waals surface area (Å²) in [5, 5.41) is 24.1. The maximum Gasteiger partial charge on any atom is 0.166 e. The number of hydrogen-bond donors (Lipinski definition) is 0. The van der Waals surface area contributed by atoms with Gasteiger partial charge in [-0.05, 0) is 192 Å². The Morgan fingerprint density at radius 3 is 0.918 bits per heavy atom. The van der Waals surface area contributed by atoms with Gasteiger partial charge in [-0.15, -0.1) is 0 Å². The summed E-state index contributed by atoms with van der Waals surface area (Å²) >= 11 is 0. The lowest BCUT2D eigenvalue weighted by Gasteiger charge is -2.13. The number of rotatable bonds is 14. The molecule has 0 radical (unpaired) electrons. The molecule has 0 atom stereocenters.